The fraction of sp³-hybridized carbons (Fsp3) is 0.667. The zero-order chi connectivity index (χ0) is 11.6. The van der Waals surface area contributed by atoms with Crippen molar-refractivity contribution in [3.8, 4) is 0 Å². The van der Waals surface area contributed by atoms with Gasteiger partial charge in [-0.3, -0.25) is 4.79 Å². The van der Waals surface area contributed by atoms with Crippen LogP contribution in [0.4, 0.5) is 17.6 Å². The van der Waals surface area contributed by atoms with Crippen molar-refractivity contribution >= 4 is 11.9 Å². The van der Waals surface area contributed by atoms with Gasteiger partial charge >= 0.3 is 17.9 Å². The molecule has 0 saturated heterocycles. The summed E-state index contributed by atoms with van der Waals surface area (Å²) >= 11 is 0. The normalized spacial score (nSPS) is 12.6. The summed E-state index contributed by atoms with van der Waals surface area (Å²) in [6, 6.07) is 0. The number of hydrogen-bond donors (Lipinski definition) is 2. The van der Waals surface area contributed by atoms with Gasteiger partial charge in [0.1, 0.15) is 6.42 Å². The second-order valence-corrected chi connectivity index (χ2v) is 2.61. The molecule has 0 radical (unpaired) electrons. The zero-order valence-corrected chi connectivity index (χ0v) is 6.64. The minimum Gasteiger partial charge on any atom is -0.481 e. The minimum atomic E-state index is -4.63. The molecule has 0 aromatic rings. The highest BCUT2D eigenvalue weighted by Crippen LogP contribution is 2.33. The van der Waals surface area contributed by atoms with E-state index in [1.54, 1.807) is 0 Å². The Morgan fingerprint density at radius 3 is 1.79 bits per heavy atom. The number of carboxylic acids is 2. The standard InChI is InChI=1S/C6H6F4O4/c7-5(8,1-3(11)12)2-6(9,10)4(13)14/h1-2H2,(H,11,12)(H,13,14). The summed E-state index contributed by atoms with van der Waals surface area (Å²) < 4.78 is 49.3. The summed E-state index contributed by atoms with van der Waals surface area (Å²) in [6.45, 7) is 0. The van der Waals surface area contributed by atoms with E-state index < -0.39 is 36.6 Å². The van der Waals surface area contributed by atoms with Gasteiger partial charge in [-0.1, -0.05) is 0 Å². The fourth-order valence-corrected chi connectivity index (χ4v) is 0.684. The van der Waals surface area contributed by atoms with Crippen LogP contribution in [0.1, 0.15) is 12.8 Å². The van der Waals surface area contributed by atoms with Gasteiger partial charge in [-0.05, 0) is 0 Å². The lowest BCUT2D eigenvalue weighted by Gasteiger charge is -2.18. The molecule has 0 aromatic carbocycles. The minimum absolute atomic E-state index is 1.82. The Morgan fingerprint density at radius 2 is 1.50 bits per heavy atom. The van der Waals surface area contributed by atoms with Crippen LogP contribution in [0, 0.1) is 0 Å². The third kappa shape index (κ3) is 4.06. The maximum Gasteiger partial charge on any atom is 0.374 e. The van der Waals surface area contributed by atoms with Gasteiger partial charge in [0.05, 0.1) is 6.42 Å². The van der Waals surface area contributed by atoms with Gasteiger partial charge in [-0.15, -0.1) is 0 Å². The van der Waals surface area contributed by atoms with Crippen LogP contribution in [0.15, 0.2) is 0 Å². The van der Waals surface area contributed by atoms with E-state index in [9.17, 15) is 27.2 Å². The van der Waals surface area contributed by atoms with Gasteiger partial charge in [-0.25, -0.2) is 13.6 Å². The van der Waals surface area contributed by atoms with E-state index in [0.29, 0.717) is 0 Å². The molecule has 0 unspecified atom stereocenters. The molecule has 0 aliphatic heterocycles. The molecule has 2 N–H and O–H groups in total. The molecule has 0 aromatic heterocycles. The first-order chi connectivity index (χ1) is 6.07. The molecular weight excluding hydrogens is 212 g/mol. The quantitative estimate of drug-likeness (QED) is 0.680. The summed E-state index contributed by atoms with van der Waals surface area (Å²) in [7, 11) is 0. The van der Waals surface area contributed by atoms with Crippen molar-refractivity contribution in [1.82, 2.24) is 0 Å². The molecule has 82 valence electrons. The van der Waals surface area contributed by atoms with Crippen LogP contribution >= 0.6 is 0 Å². The Hall–Kier alpha value is -1.34. The summed E-state index contributed by atoms with van der Waals surface area (Å²) in [5.41, 5.74) is 0. The van der Waals surface area contributed by atoms with E-state index in [1.807, 2.05) is 0 Å². The van der Waals surface area contributed by atoms with Gasteiger partial charge in [0.2, 0.25) is 0 Å². The Balaban J connectivity index is 4.49. The lowest BCUT2D eigenvalue weighted by atomic mass is 10.1. The zero-order valence-electron chi connectivity index (χ0n) is 6.64. The van der Waals surface area contributed by atoms with E-state index in [2.05, 4.69) is 0 Å². The summed E-state index contributed by atoms with van der Waals surface area (Å²) in [6.07, 6.45) is -4.14. The predicted octanol–water partition coefficient (Wildman–Crippen LogP) is 1.21. The van der Waals surface area contributed by atoms with Crippen molar-refractivity contribution in [3.05, 3.63) is 0 Å². The summed E-state index contributed by atoms with van der Waals surface area (Å²) in [4.78, 5) is 19.6. The Bertz CT molecular complexity index is 250. The first-order valence-electron chi connectivity index (χ1n) is 3.28. The number of rotatable bonds is 5. The average Bonchev–Trinajstić information content (AvgIpc) is 1.79. The van der Waals surface area contributed by atoms with Crippen LogP contribution in [-0.4, -0.2) is 34.0 Å². The maximum atomic E-state index is 12.4. The molecule has 0 atom stereocenters. The second kappa shape index (κ2) is 3.81. The van der Waals surface area contributed by atoms with E-state index in [-0.39, 0.29) is 0 Å². The van der Waals surface area contributed by atoms with E-state index in [1.165, 1.54) is 0 Å². The Labute approximate surface area is 75.1 Å². The molecule has 8 heteroatoms. The highest BCUT2D eigenvalue weighted by atomic mass is 19.3. The smallest absolute Gasteiger partial charge is 0.374 e. The Kier molecular flexibility index (Phi) is 3.44. The summed E-state index contributed by atoms with van der Waals surface area (Å²) in [5, 5.41) is 15.7. The molecule has 0 heterocycles. The second-order valence-electron chi connectivity index (χ2n) is 2.61. The average molecular weight is 218 g/mol. The molecule has 0 aliphatic rings. The van der Waals surface area contributed by atoms with Crippen LogP contribution < -0.4 is 0 Å². The summed E-state index contributed by atoms with van der Waals surface area (Å²) in [5.74, 6) is -13.6. The molecule has 0 amide bonds. The van der Waals surface area contributed by atoms with E-state index in [0.717, 1.165) is 0 Å². The molecule has 14 heavy (non-hydrogen) atoms. The van der Waals surface area contributed by atoms with Crippen LogP contribution in [0.25, 0.3) is 0 Å². The topological polar surface area (TPSA) is 74.6 Å². The number of aliphatic carboxylic acids is 2. The first kappa shape index (κ1) is 12.7. The molecule has 0 fully saturated rings. The van der Waals surface area contributed by atoms with Gasteiger partial charge in [0.15, 0.2) is 0 Å². The highest BCUT2D eigenvalue weighted by molar-refractivity contribution is 5.75. The molecule has 0 spiro atoms. The number of halogens is 4. The lowest BCUT2D eigenvalue weighted by Crippen LogP contribution is -2.37. The third-order valence-electron chi connectivity index (χ3n) is 1.20. The number of alkyl halides is 4. The SMILES string of the molecule is O=C(O)CC(F)(F)CC(F)(F)C(=O)O. The van der Waals surface area contributed by atoms with Crippen molar-refractivity contribution in [2.24, 2.45) is 0 Å². The van der Waals surface area contributed by atoms with Crippen molar-refractivity contribution in [1.29, 1.82) is 0 Å². The van der Waals surface area contributed by atoms with Gasteiger partial charge < -0.3 is 10.2 Å². The Morgan fingerprint density at radius 1 is 1.07 bits per heavy atom. The van der Waals surface area contributed by atoms with Crippen LogP contribution in [0.5, 0.6) is 0 Å². The molecule has 0 saturated carbocycles. The van der Waals surface area contributed by atoms with Gasteiger partial charge in [0.25, 0.3) is 5.92 Å². The predicted molar refractivity (Wildman–Crippen MR) is 34.4 cm³/mol. The monoisotopic (exact) mass is 218 g/mol. The lowest BCUT2D eigenvalue weighted by molar-refractivity contribution is -0.181. The first-order valence-corrected chi connectivity index (χ1v) is 3.28. The fourth-order valence-electron chi connectivity index (χ4n) is 0.684. The molecule has 0 aliphatic carbocycles. The maximum absolute atomic E-state index is 12.4. The van der Waals surface area contributed by atoms with Gasteiger partial charge in [-0.2, -0.15) is 8.78 Å². The molecule has 0 rings (SSSR count). The van der Waals surface area contributed by atoms with Crippen molar-refractivity contribution < 1.29 is 37.4 Å². The number of carboxylic acid groups (broad SMARTS) is 2. The number of carbonyl (C=O) groups is 2. The van der Waals surface area contributed by atoms with Gasteiger partial charge in [0, 0.05) is 0 Å². The van der Waals surface area contributed by atoms with Crippen molar-refractivity contribution in [2.75, 3.05) is 0 Å². The van der Waals surface area contributed by atoms with Crippen LogP contribution in [0.2, 0.25) is 0 Å². The van der Waals surface area contributed by atoms with Crippen LogP contribution in [-0.2, 0) is 9.59 Å². The van der Waals surface area contributed by atoms with E-state index in [4.69, 9.17) is 10.2 Å². The highest BCUT2D eigenvalue weighted by Gasteiger charge is 2.49. The molecular formula is C6H6F4O4. The third-order valence-corrected chi connectivity index (χ3v) is 1.20. The molecule has 0 bridgehead atoms. The van der Waals surface area contributed by atoms with Crippen molar-refractivity contribution in [3.63, 3.8) is 0 Å². The molecule has 4 nitrogen and oxygen atoms in total. The largest absolute Gasteiger partial charge is 0.481 e. The van der Waals surface area contributed by atoms with E-state index >= 15 is 0 Å². The number of hydrogen-bond acceptors (Lipinski definition) is 2. The van der Waals surface area contributed by atoms with Crippen LogP contribution in [0.3, 0.4) is 0 Å². The van der Waals surface area contributed by atoms with Crippen molar-refractivity contribution in [2.45, 2.75) is 24.7 Å².